The third kappa shape index (κ3) is 4.76. The number of quaternary nitrogens is 1. The smallest absolute Gasteiger partial charge is 0.303 e. The number of para-hydroxylation sites is 2. The molecule has 1 heterocycles. The molecule has 3 unspecified atom stereocenters. The van der Waals surface area contributed by atoms with Gasteiger partial charge in [-0.2, -0.15) is 10.3 Å². The second-order valence-corrected chi connectivity index (χ2v) is 7.47. The van der Waals surface area contributed by atoms with E-state index >= 15 is 0 Å². The molecule has 0 fully saturated rings. The molecular formula is C21H26N4O5. The van der Waals surface area contributed by atoms with Gasteiger partial charge in [-0.3, -0.25) is 9.59 Å². The fraction of sp³-hybridized carbons (Fsp3) is 0.381. The molecule has 1 aromatic carbocycles. The van der Waals surface area contributed by atoms with E-state index < -0.39 is 11.2 Å². The van der Waals surface area contributed by atoms with Crippen LogP contribution in [0.25, 0.3) is 5.69 Å². The molecule has 9 heteroatoms. The van der Waals surface area contributed by atoms with Gasteiger partial charge in [0.1, 0.15) is 5.69 Å². The number of nitrogens with zero attached hydrogens (tertiary/aromatic N) is 2. The van der Waals surface area contributed by atoms with E-state index in [-0.39, 0.29) is 36.4 Å². The van der Waals surface area contributed by atoms with Gasteiger partial charge in [-0.1, -0.05) is 24.3 Å². The summed E-state index contributed by atoms with van der Waals surface area (Å²) in [7, 11) is 0. The molecule has 0 spiro atoms. The minimum absolute atomic E-state index is 0.0219. The Bertz CT molecular complexity index is 966. The van der Waals surface area contributed by atoms with Crippen LogP contribution in [-0.4, -0.2) is 38.0 Å². The van der Waals surface area contributed by atoms with Crippen LogP contribution >= 0.6 is 0 Å². The van der Waals surface area contributed by atoms with Crippen LogP contribution in [0.3, 0.4) is 0 Å². The zero-order valence-electron chi connectivity index (χ0n) is 17.0. The Morgan fingerprint density at radius 2 is 2.00 bits per heavy atom. The number of rotatable bonds is 8. The van der Waals surface area contributed by atoms with Crippen molar-refractivity contribution in [2.45, 2.75) is 51.5 Å². The van der Waals surface area contributed by atoms with Gasteiger partial charge in [-0.25, -0.2) is 9.89 Å². The van der Waals surface area contributed by atoms with E-state index in [1.165, 1.54) is 0 Å². The average molecular weight is 414 g/mol. The number of carbonyl (C=O) groups excluding carboxylic acids is 1. The van der Waals surface area contributed by atoms with Crippen LogP contribution in [0.2, 0.25) is 0 Å². The fourth-order valence-corrected chi connectivity index (χ4v) is 3.96. The van der Waals surface area contributed by atoms with Gasteiger partial charge in [-0.15, -0.1) is 0 Å². The number of aromatic nitrogens is 2. The second kappa shape index (κ2) is 9.21. The van der Waals surface area contributed by atoms with Crippen molar-refractivity contribution >= 4 is 17.6 Å². The highest BCUT2D eigenvalue weighted by molar-refractivity contribution is 5.77. The van der Waals surface area contributed by atoms with Crippen LogP contribution in [0.15, 0.2) is 36.4 Å². The number of hydrogen-bond acceptors (Lipinski definition) is 5. The molecule has 30 heavy (non-hydrogen) atoms. The van der Waals surface area contributed by atoms with Gasteiger partial charge in [-0.05, 0) is 32.8 Å². The fourth-order valence-electron chi connectivity index (χ4n) is 3.96. The lowest BCUT2D eigenvalue weighted by atomic mass is 9.96. The maximum atomic E-state index is 12.0. The molecule has 1 aliphatic carbocycles. The predicted molar refractivity (Wildman–Crippen MR) is 109 cm³/mol. The number of carboxylic acid groups (broad SMARTS) is 1. The quantitative estimate of drug-likeness (QED) is 0.384. The SMILES string of the molecule is Cc1nn(-c2ccccc2[NH+]([O-])O)c(C)c1C1C=CC(NC(=O)CCCC(=O)O)C1. The topological polar surface area (TPSA) is 132 Å². The number of carboxylic acids is 1. The summed E-state index contributed by atoms with van der Waals surface area (Å²) in [4.78, 5) is 22.6. The molecule has 0 bridgehead atoms. The van der Waals surface area contributed by atoms with Crippen molar-refractivity contribution in [1.29, 1.82) is 0 Å². The minimum Gasteiger partial charge on any atom is -0.595 e. The van der Waals surface area contributed by atoms with Gasteiger partial charge >= 0.3 is 5.97 Å². The van der Waals surface area contributed by atoms with Crippen molar-refractivity contribution < 1.29 is 25.1 Å². The van der Waals surface area contributed by atoms with E-state index in [1.807, 2.05) is 26.0 Å². The summed E-state index contributed by atoms with van der Waals surface area (Å²) >= 11 is 0. The largest absolute Gasteiger partial charge is 0.595 e. The number of carbonyl (C=O) groups is 2. The maximum Gasteiger partial charge on any atom is 0.303 e. The highest BCUT2D eigenvalue weighted by Gasteiger charge is 2.27. The third-order valence-corrected chi connectivity index (χ3v) is 5.31. The predicted octanol–water partition coefficient (Wildman–Crippen LogP) is 1.68. The standard InChI is InChI=1S/C21H26N4O5/c1-13-21(14(2)24(23-13)17-6-3-4-7-18(17)25(29)30)15-10-11-16(12-15)22-19(26)8-5-9-20(27)28/h3-4,6-7,10-11,15-16,25,29H,5,8-9,12H2,1-2H3,(H,22,26)(H,27,28). The summed E-state index contributed by atoms with van der Waals surface area (Å²) in [6.07, 6.45) is 5.14. The van der Waals surface area contributed by atoms with Gasteiger partial charge in [0.2, 0.25) is 5.91 Å². The summed E-state index contributed by atoms with van der Waals surface area (Å²) < 4.78 is 1.67. The molecule has 1 amide bonds. The molecule has 0 radical (unpaired) electrons. The minimum atomic E-state index is -1.01. The molecule has 160 valence electrons. The Kier molecular flexibility index (Phi) is 6.66. The van der Waals surface area contributed by atoms with Crippen molar-refractivity contribution in [3.8, 4) is 5.69 Å². The number of allylic oxidation sites excluding steroid dienone is 1. The van der Waals surface area contributed by atoms with Crippen LogP contribution in [0.5, 0.6) is 0 Å². The number of hydrogen-bond donors (Lipinski definition) is 4. The summed E-state index contributed by atoms with van der Waals surface area (Å²) in [6, 6.07) is 6.63. The van der Waals surface area contributed by atoms with Gasteiger partial charge in [0.05, 0.1) is 5.69 Å². The van der Waals surface area contributed by atoms with Crippen molar-refractivity contribution in [3.63, 3.8) is 0 Å². The lowest BCUT2D eigenvalue weighted by molar-refractivity contribution is -0.991. The Balaban J connectivity index is 1.72. The molecule has 3 rings (SSSR count). The summed E-state index contributed by atoms with van der Waals surface area (Å²) in [6.45, 7) is 3.81. The van der Waals surface area contributed by atoms with E-state index in [2.05, 4.69) is 10.4 Å². The lowest BCUT2D eigenvalue weighted by Crippen LogP contribution is -2.99. The Morgan fingerprint density at radius 1 is 1.27 bits per heavy atom. The van der Waals surface area contributed by atoms with Gasteiger partial charge in [0.25, 0.3) is 0 Å². The van der Waals surface area contributed by atoms with Crippen LogP contribution < -0.4 is 10.5 Å². The van der Waals surface area contributed by atoms with Crippen LogP contribution in [0, 0.1) is 19.1 Å². The molecule has 2 aromatic rings. The first-order chi connectivity index (χ1) is 14.3. The highest BCUT2D eigenvalue weighted by Crippen LogP contribution is 2.34. The van der Waals surface area contributed by atoms with Crippen LogP contribution in [-0.2, 0) is 9.59 Å². The monoisotopic (exact) mass is 414 g/mol. The first-order valence-corrected chi connectivity index (χ1v) is 9.86. The lowest BCUT2D eigenvalue weighted by Gasteiger charge is -2.17. The zero-order valence-corrected chi connectivity index (χ0v) is 17.0. The third-order valence-electron chi connectivity index (χ3n) is 5.31. The molecule has 0 saturated carbocycles. The first-order valence-electron chi connectivity index (χ1n) is 9.86. The van der Waals surface area contributed by atoms with E-state index in [9.17, 15) is 20.0 Å². The number of amides is 1. The summed E-state index contributed by atoms with van der Waals surface area (Å²) in [5.74, 6) is -1.01. The maximum absolute atomic E-state index is 12.0. The van der Waals surface area contributed by atoms with Gasteiger partial charge in [0, 0.05) is 42.1 Å². The highest BCUT2D eigenvalue weighted by atomic mass is 16.8. The zero-order chi connectivity index (χ0) is 21.8. The van der Waals surface area contributed by atoms with Crippen molar-refractivity contribution in [3.05, 3.63) is 58.6 Å². The molecule has 1 aliphatic rings. The first kappa shape index (κ1) is 21.7. The number of aliphatic carboxylic acids is 1. The molecule has 0 saturated heterocycles. The Hall–Kier alpha value is -3.01. The van der Waals surface area contributed by atoms with Gasteiger partial charge in [0.15, 0.2) is 5.69 Å². The average Bonchev–Trinajstić information content (AvgIpc) is 3.24. The second-order valence-electron chi connectivity index (χ2n) is 7.47. The van der Waals surface area contributed by atoms with Gasteiger partial charge < -0.3 is 15.6 Å². The number of nitrogens with one attached hydrogen (secondary N) is 2. The van der Waals surface area contributed by atoms with E-state index in [0.29, 0.717) is 18.5 Å². The summed E-state index contributed by atoms with van der Waals surface area (Å²) in [5, 5.41) is 36.3. The molecular weight excluding hydrogens is 388 g/mol. The molecule has 3 atom stereocenters. The normalized spacial score (nSPS) is 19.1. The summed E-state index contributed by atoms with van der Waals surface area (Å²) in [5.41, 5.74) is 3.40. The molecule has 0 aliphatic heterocycles. The van der Waals surface area contributed by atoms with Crippen LogP contribution in [0.1, 0.15) is 48.6 Å². The van der Waals surface area contributed by atoms with Crippen LogP contribution in [0.4, 0.5) is 5.69 Å². The molecule has 1 aromatic heterocycles. The molecule has 4 N–H and O–H groups in total. The van der Waals surface area contributed by atoms with E-state index in [0.717, 1.165) is 17.0 Å². The van der Waals surface area contributed by atoms with Crippen molar-refractivity contribution in [2.24, 2.45) is 0 Å². The van der Waals surface area contributed by atoms with E-state index in [1.54, 1.807) is 28.9 Å². The Labute approximate surface area is 174 Å². The van der Waals surface area contributed by atoms with Crippen molar-refractivity contribution in [1.82, 2.24) is 15.1 Å². The number of benzene rings is 1. The Morgan fingerprint density at radius 3 is 2.70 bits per heavy atom. The van der Waals surface area contributed by atoms with Crippen molar-refractivity contribution in [2.75, 3.05) is 0 Å². The molecule has 9 nitrogen and oxygen atoms in total. The number of aryl methyl sites for hydroxylation is 1. The van der Waals surface area contributed by atoms with E-state index in [4.69, 9.17) is 5.11 Å².